The number of nitriles is 2. The largest absolute Gasteiger partial charge is 0.381 e. The van der Waals surface area contributed by atoms with Crippen LogP contribution in [0.25, 0.3) is 0 Å². The monoisotopic (exact) mass is 1940 g/mol. The molecule has 0 aromatic heterocycles. The van der Waals surface area contributed by atoms with Crippen LogP contribution in [0.5, 0.6) is 0 Å². The van der Waals surface area contributed by atoms with Crippen LogP contribution in [0.3, 0.4) is 0 Å². The van der Waals surface area contributed by atoms with E-state index in [2.05, 4.69) is 248 Å². The summed E-state index contributed by atoms with van der Waals surface area (Å²) in [7, 11) is 0. The van der Waals surface area contributed by atoms with Crippen LogP contribution in [0.2, 0.25) is 0 Å². The zero-order valence-electron chi connectivity index (χ0n) is 91.5. The van der Waals surface area contributed by atoms with Crippen molar-refractivity contribution in [1.29, 1.82) is 10.5 Å². The van der Waals surface area contributed by atoms with Crippen molar-refractivity contribution in [3.05, 3.63) is 0 Å². The summed E-state index contributed by atoms with van der Waals surface area (Å²) in [6.45, 7) is 98.2. The summed E-state index contributed by atoms with van der Waals surface area (Å²) >= 11 is 0. The molecule has 0 aliphatic carbocycles. The normalized spacial score (nSPS) is 24.2. The molecule has 12 saturated heterocycles. The van der Waals surface area contributed by atoms with E-state index in [0.717, 1.165) is 264 Å². The van der Waals surface area contributed by atoms with E-state index in [9.17, 15) is 0 Å². The van der Waals surface area contributed by atoms with Crippen molar-refractivity contribution in [3.63, 3.8) is 0 Å². The molecule has 824 valence electrons. The highest BCUT2D eigenvalue weighted by molar-refractivity contribution is 4.94. The molecule has 14 unspecified atom stereocenters. The second-order valence-electron chi connectivity index (χ2n) is 45.5. The average molecular weight is 1940 g/mol. The van der Waals surface area contributed by atoms with E-state index in [1.54, 1.807) is 0 Å². The van der Waals surface area contributed by atoms with E-state index >= 15 is 0 Å². The second kappa shape index (κ2) is 84.5. The summed E-state index contributed by atoms with van der Waals surface area (Å²) in [4.78, 5) is 0. The van der Waals surface area contributed by atoms with E-state index < -0.39 is 0 Å². The Kier molecular flexibility index (Phi) is 93.1. The summed E-state index contributed by atoms with van der Waals surface area (Å²) in [6.07, 6.45) is 32.1. The predicted molar refractivity (Wildman–Crippen MR) is 597 cm³/mol. The van der Waals surface area contributed by atoms with Crippen LogP contribution in [0.4, 0.5) is 0 Å². The molecule has 14 nitrogen and oxygen atoms in total. The van der Waals surface area contributed by atoms with Crippen LogP contribution < -0.4 is 0 Å². The van der Waals surface area contributed by atoms with Crippen molar-refractivity contribution in [2.45, 2.75) is 473 Å². The Morgan fingerprint density at radius 1 is 0.265 bits per heavy atom. The fourth-order valence-corrected chi connectivity index (χ4v) is 21.4. The van der Waals surface area contributed by atoms with Gasteiger partial charge in [-0.25, -0.2) is 0 Å². The van der Waals surface area contributed by atoms with Crippen molar-refractivity contribution < 1.29 is 56.8 Å². The molecule has 136 heavy (non-hydrogen) atoms. The van der Waals surface area contributed by atoms with Gasteiger partial charge in [-0.2, -0.15) is 10.5 Å². The summed E-state index contributed by atoms with van der Waals surface area (Å²) in [5.41, 5.74) is 1.94. The van der Waals surface area contributed by atoms with E-state index in [1.807, 2.05) is 0 Å². The van der Waals surface area contributed by atoms with Crippen LogP contribution in [-0.4, -0.2) is 157 Å². The molecule has 14 atom stereocenters. The highest BCUT2D eigenvalue weighted by atomic mass is 16.6. The molecule has 0 saturated carbocycles. The third kappa shape index (κ3) is 59.3. The van der Waals surface area contributed by atoms with Crippen molar-refractivity contribution in [1.82, 2.24) is 0 Å². The van der Waals surface area contributed by atoms with Gasteiger partial charge in [0.25, 0.3) is 0 Å². The van der Waals surface area contributed by atoms with Crippen molar-refractivity contribution in [2.75, 3.05) is 139 Å². The van der Waals surface area contributed by atoms with Gasteiger partial charge in [-0.15, -0.1) is 0 Å². The maximum Gasteiger partial charge on any atom is 0.0936 e. The smallest absolute Gasteiger partial charge is 0.0936 e. The third-order valence-corrected chi connectivity index (χ3v) is 33.7. The average Bonchev–Trinajstić information content (AvgIpc) is 1.66. The highest BCUT2D eigenvalue weighted by Crippen LogP contribution is 2.44. The lowest BCUT2D eigenvalue weighted by atomic mass is 9.69. The minimum absolute atomic E-state index is 0. The fraction of sp³-hybridized carbons (Fsp3) is 0.984. The summed E-state index contributed by atoms with van der Waals surface area (Å²) < 4.78 is 63.4. The standard InChI is InChI=1S/C12H21NO.2C11H22O.3C10H20O.C9H15NO.2C9H18O.2C8H16O.C7H14O.8CH4/c1-10(2)12(3-6-13)9-11-4-7-14-8-5-11;1-4-11(9(2)3)10-5-7-12-8-6-10;1-4-11(9(2)3)7-10-5-6-12-8-10;1-4-10(8(2)3)5-9-6-11-7-9;1-4-10(9(2)3)5-7-11-8-6-10;1-4-10(8(2)3)9-5-6-11-7-9;1-7(2)9(3-4-10)8-5-11-6-8;1-4-8(7(2)3)5-9-6-10-9;1-4-9(8(2)3)5-6-10-7-9;1-4-8(7(2)3)5-9-6-8;1-4-7(6(2)3)8-5-9-8;1-4-7(5-8-7)6(2)3;;;;;;;;/h10-12H,3-5,7-9H2,1-2H3;2*9-11H,4-8H2,1-3H3;8-10H,4-7H2,1-3H3;9H,4-8H2,1-3H3;8-10H,4-7H2,1-3H3;7-9H,3,5-6H2,1-2H3;7-9H,4-6H2,1-3H3;8H,4-7H2,1-3H3;7H,4-6H2,1-3H3;6-8H,4-5H2,1-3H3;6H,4-5H2,1-3H3;8*1H4. The first kappa shape index (κ1) is 150. The molecular formula is C122H254N2O12. The van der Waals surface area contributed by atoms with Gasteiger partial charge in [0.1, 0.15) is 0 Å². The first-order valence-electron chi connectivity index (χ1n) is 54.6. The van der Waals surface area contributed by atoms with Crippen LogP contribution in [0.15, 0.2) is 0 Å². The maximum absolute atomic E-state index is 8.74. The first-order valence-corrected chi connectivity index (χ1v) is 54.6. The Balaban J connectivity index is -0.000000218. The SMILES string of the molecule is C.C.C.C.C.C.C.C.CC(C)C(CC#N)C1COC1.CC(C)C(CC#N)CC1CCOCC1.CCC(C(C)C)C1CCOC1.CCC(C(C)C)C1CCOCC1.CCC(C(C)C)C1CO1.CCC(CC1CCOC1)C(C)C.CCC(CC1CO1)C(C)C.CCC(CC1COC1)C(C)C.CCC1(C(C)C)CCOC1.CCC1(C(C)C)CCOCC1.CCC1(C(C)C)CO1.CCC1(C(C)C)COC1. The molecule has 0 aromatic carbocycles. The van der Waals surface area contributed by atoms with Gasteiger partial charge >= 0.3 is 0 Å². The Hall–Kier alpha value is -1.50. The lowest BCUT2D eigenvalue weighted by Crippen LogP contribution is -2.46. The van der Waals surface area contributed by atoms with Gasteiger partial charge < -0.3 is 56.8 Å². The second-order valence-corrected chi connectivity index (χ2v) is 45.5. The van der Waals surface area contributed by atoms with Gasteiger partial charge in [0.05, 0.1) is 96.0 Å². The fourth-order valence-electron chi connectivity index (χ4n) is 21.4. The molecular weight excluding hydrogens is 1690 g/mol. The summed E-state index contributed by atoms with van der Waals surface area (Å²) in [5.74, 6) is 20.8. The number of epoxide rings is 3. The maximum atomic E-state index is 8.74. The first-order chi connectivity index (χ1) is 60.8. The number of hydrogen-bond donors (Lipinski definition) is 0. The van der Waals surface area contributed by atoms with Crippen molar-refractivity contribution >= 4 is 0 Å². The Bertz CT molecular complexity index is 2620. The molecule has 0 bridgehead atoms. The quantitative estimate of drug-likeness (QED) is 0.0543. The minimum atomic E-state index is 0. The Labute approximate surface area is 856 Å². The minimum Gasteiger partial charge on any atom is -0.381 e. The number of ether oxygens (including phenoxy) is 12. The zero-order valence-corrected chi connectivity index (χ0v) is 91.5. The highest BCUT2D eigenvalue weighted by Gasteiger charge is 2.46. The molecule has 14 heteroatoms. The molecule has 0 radical (unpaired) electrons. The van der Waals surface area contributed by atoms with E-state index in [1.165, 1.54) is 148 Å². The lowest BCUT2D eigenvalue weighted by Gasteiger charge is -2.44. The third-order valence-electron chi connectivity index (χ3n) is 33.7. The number of nitrogens with zero attached hydrogens (tertiary/aromatic N) is 2. The van der Waals surface area contributed by atoms with Gasteiger partial charge in [-0.1, -0.05) is 340 Å². The molecule has 0 spiro atoms. The predicted octanol–water partition coefficient (Wildman–Crippen LogP) is 35.2. The van der Waals surface area contributed by atoms with Gasteiger partial charge in [0.15, 0.2) is 0 Å². The molecule has 0 aromatic rings. The summed E-state index contributed by atoms with van der Waals surface area (Å²) in [5, 5.41) is 17.3. The Morgan fingerprint density at radius 2 is 0.603 bits per heavy atom. The van der Waals surface area contributed by atoms with Gasteiger partial charge in [0, 0.05) is 103 Å². The van der Waals surface area contributed by atoms with E-state index in [4.69, 9.17) is 67.4 Å². The van der Waals surface area contributed by atoms with Gasteiger partial charge in [-0.05, 0) is 256 Å². The summed E-state index contributed by atoms with van der Waals surface area (Å²) in [6, 6.07) is 4.55. The molecule has 0 amide bonds. The van der Waals surface area contributed by atoms with Crippen LogP contribution in [0, 0.1) is 193 Å². The van der Waals surface area contributed by atoms with Crippen molar-refractivity contribution in [2.24, 2.45) is 170 Å². The molecule has 12 rings (SSSR count). The molecule has 12 aliphatic rings. The molecule has 12 aliphatic heterocycles. The van der Waals surface area contributed by atoms with Crippen molar-refractivity contribution in [3.8, 4) is 12.1 Å². The van der Waals surface area contributed by atoms with Gasteiger partial charge in [-0.3, -0.25) is 0 Å². The van der Waals surface area contributed by atoms with E-state index in [-0.39, 0.29) is 59.4 Å². The lowest BCUT2D eigenvalue weighted by molar-refractivity contribution is -0.140. The van der Waals surface area contributed by atoms with E-state index in [0.29, 0.717) is 76.0 Å². The molecule has 12 fully saturated rings. The number of hydrogen-bond acceptors (Lipinski definition) is 14. The number of rotatable bonds is 36. The molecule has 0 N–H and O–H groups in total. The van der Waals surface area contributed by atoms with Gasteiger partial charge in [0.2, 0.25) is 0 Å². The van der Waals surface area contributed by atoms with Crippen LogP contribution in [0.1, 0.15) is 455 Å². The molecule has 12 heterocycles. The topological polar surface area (TPSA) is 168 Å². The van der Waals surface area contributed by atoms with Crippen LogP contribution >= 0.6 is 0 Å². The zero-order chi connectivity index (χ0) is 96.6. The van der Waals surface area contributed by atoms with Crippen LogP contribution in [-0.2, 0) is 56.8 Å². The Morgan fingerprint density at radius 3 is 0.853 bits per heavy atom.